The molecule has 0 aliphatic carbocycles. The summed E-state index contributed by atoms with van der Waals surface area (Å²) in [6.07, 6.45) is 3.39. The molecule has 1 saturated heterocycles. The lowest BCUT2D eigenvalue weighted by Crippen LogP contribution is -2.29. The van der Waals surface area contributed by atoms with Gasteiger partial charge in [-0.25, -0.2) is 4.98 Å². The van der Waals surface area contributed by atoms with E-state index in [1.165, 1.54) is 23.1 Å². The van der Waals surface area contributed by atoms with Crippen molar-refractivity contribution in [2.24, 2.45) is 5.92 Å². The van der Waals surface area contributed by atoms with Crippen LogP contribution in [0.4, 0.5) is 5.69 Å². The van der Waals surface area contributed by atoms with Crippen molar-refractivity contribution in [2.45, 2.75) is 33.4 Å². The third-order valence-corrected chi connectivity index (χ3v) is 6.08. The lowest BCUT2D eigenvalue weighted by molar-refractivity contribution is -0.385. The molecule has 37 heavy (non-hydrogen) atoms. The van der Waals surface area contributed by atoms with Crippen LogP contribution in [0.3, 0.4) is 0 Å². The molecule has 1 amide bonds. The average Bonchev–Trinajstić information content (AvgIpc) is 3.12. The maximum atomic E-state index is 13.8. The molecule has 2 aromatic carbocycles. The van der Waals surface area contributed by atoms with E-state index < -0.39 is 28.4 Å². The Morgan fingerprint density at radius 1 is 1.14 bits per heavy atom. The van der Waals surface area contributed by atoms with Gasteiger partial charge in [0.1, 0.15) is 5.75 Å². The van der Waals surface area contributed by atoms with E-state index in [2.05, 4.69) is 4.98 Å². The van der Waals surface area contributed by atoms with Crippen LogP contribution in [-0.4, -0.2) is 28.1 Å². The molecule has 1 aliphatic heterocycles. The molecular formula is C28H27N3O6. The molecule has 1 unspecified atom stereocenters. The van der Waals surface area contributed by atoms with Crippen LogP contribution in [0.25, 0.3) is 5.76 Å². The summed E-state index contributed by atoms with van der Waals surface area (Å²) in [5.74, 6) is -1.42. The van der Waals surface area contributed by atoms with Crippen molar-refractivity contribution in [2.75, 3.05) is 6.61 Å². The van der Waals surface area contributed by atoms with Gasteiger partial charge in [0.2, 0.25) is 5.78 Å². The first-order valence-corrected chi connectivity index (χ1v) is 11.9. The van der Waals surface area contributed by atoms with E-state index in [4.69, 9.17) is 4.74 Å². The van der Waals surface area contributed by atoms with Crippen LogP contribution in [0.5, 0.6) is 5.75 Å². The highest BCUT2D eigenvalue weighted by atomic mass is 16.6. The maximum absolute atomic E-state index is 13.8. The van der Waals surface area contributed by atoms with E-state index in [9.17, 15) is 24.8 Å². The number of hydrogen-bond donors (Lipinski definition) is 0. The van der Waals surface area contributed by atoms with Gasteiger partial charge >= 0.3 is 0 Å². The Balaban J connectivity index is 1.83. The van der Waals surface area contributed by atoms with Crippen LogP contribution in [-0.2, 0) is 16.1 Å². The summed E-state index contributed by atoms with van der Waals surface area (Å²) < 4.78 is 5.74. The monoisotopic (exact) mass is 501 g/mol. The molecule has 1 aromatic heterocycles. The fourth-order valence-corrected chi connectivity index (χ4v) is 4.30. The Bertz CT molecular complexity index is 1380. The molecule has 4 rings (SSSR count). The summed E-state index contributed by atoms with van der Waals surface area (Å²) in [4.78, 5) is 41.6. The van der Waals surface area contributed by atoms with Gasteiger partial charge < -0.3 is 14.7 Å². The van der Waals surface area contributed by atoms with Gasteiger partial charge in [-0.15, -0.1) is 0 Å². The normalized spacial score (nSPS) is 16.9. The number of ketones is 1. The van der Waals surface area contributed by atoms with E-state index in [-0.39, 0.29) is 23.4 Å². The third kappa shape index (κ3) is 5.35. The van der Waals surface area contributed by atoms with Gasteiger partial charge in [-0.1, -0.05) is 37.8 Å². The van der Waals surface area contributed by atoms with Crippen molar-refractivity contribution in [3.63, 3.8) is 0 Å². The number of non-ortho nitro benzene ring substituents is 1. The number of carbonyl (C=O) groups excluding carboxylic acids is 2. The fraction of sp³-hybridized carbons (Fsp3) is 0.250. The number of nitro groups is 1. The fourth-order valence-electron chi connectivity index (χ4n) is 4.30. The molecule has 2 heterocycles. The Hall–Kier alpha value is -4.53. The van der Waals surface area contributed by atoms with Crippen LogP contribution in [0.2, 0.25) is 0 Å². The molecule has 1 aliphatic rings. The van der Waals surface area contributed by atoms with Gasteiger partial charge in [-0.05, 0) is 47.7 Å². The van der Waals surface area contributed by atoms with Gasteiger partial charge in [0.25, 0.3) is 11.6 Å². The zero-order valence-electron chi connectivity index (χ0n) is 20.8. The minimum absolute atomic E-state index is 0.0347. The molecule has 0 spiro atoms. The SMILES string of the molecule is Cc1cc(OCC(C)C)ccc1/C([O-])=C1\C(=O)C(=O)N(Cc2ccc[nH+]c2)C1c1cccc([N+](=O)[O-])c1. The highest BCUT2D eigenvalue weighted by Gasteiger charge is 2.44. The molecule has 1 atom stereocenters. The van der Waals surface area contributed by atoms with Crippen molar-refractivity contribution in [1.82, 2.24) is 4.90 Å². The minimum atomic E-state index is -1.08. The largest absolute Gasteiger partial charge is 0.872 e. The summed E-state index contributed by atoms with van der Waals surface area (Å²) in [5.41, 5.74) is 1.43. The van der Waals surface area contributed by atoms with Gasteiger partial charge in [-0.2, -0.15) is 0 Å². The highest BCUT2D eigenvalue weighted by Crippen LogP contribution is 2.41. The number of Topliss-reactive ketones (excluding diaryl/α,β-unsaturated/α-hetero) is 1. The lowest BCUT2D eigenvalue weighted by Gasteiger charge is -2.27. The number of benzene rings is 2. The second-order valence-electron chi connectivity index (χ2n) is 9.35. The van der Waals surface area contributed by atoms with E-state index in [0.717, 1.165) is 0 Å². The zero-order chi connectivity index (χ0) is 26.7. The molecule has 1 N–H and O–H groups in total. The zero-order valence-corrected chi connectivity index (χ0v) is 20.8. The van der Waals surface area contributed by atoms with Crippen LogP contribution in [0, 0.1) is 23.0 Å². The Kier molecular flexibility index (Phi) is 7.33. The number of likely N-dealkylation sites (tertiary alicyclic amines) is 1. The first-order valence-electron chi connectivity index (χ1n) is 11.9. The predicted molar refractivity (Wildman–Crippen MR) is 133 cm³/mol. The Morgan fingerprint density at radius 3 is 2.57 bits per heavy atom. The first kappa shape index (κ1) is 25.6. The lowest BCUT2D eigenvalue weighted by atomic mass is 9.93. The van der Waals surface area contributed by atoms with Crippen molar-refractivity contribution < 1.29 is 29.3 Å². The van der Waals surface area contributed by atoms with Crippen molar-refractivity contribution >= 4 is 23.1 Å². The maximum Gasteiger partial charge on any atom is 0.295 e. The number of rotatable bonds is 8. The number of nitro benzene ring substituents is 1. The summed E-state index contributed by atoms with van der Waals surface area (Å²) in [5, 5.41) is 25.2. The Labute approximate surface area is 214 Å². The number of pyridine rings is 1. The smallest absolute Gasteiger partial charge is 0.295 e. The molecule has 3 aromatic rings. The number of amides is 1. The molecule has 0 bridgehead atoms. The van der Waals surface area contributed by atoms with Crippen molar-refractivity contribution in [3.8, 4) is 5.75 Å². The second kappa shape index (κ2) is 10.6. The van der Waals surface area contributed by atoms with Gasteiger partial charge in [0.15, 0.2) is 12.4 Å². The van der Waals surface area contributed by atoms with Crippen LogP contribution < -0.4 is 14.8 Å². The molecule has 1 fully saturated rings. The number of ether oxygens (including phenoxy) is 1. The molecule has 9 nitrogen and oxygen atoms in total. The molecule has 9 heteroatoms. The number of aryl methyl sites for hydroxylation is 1. The summed E-state index contributed by atoms with van der Waals surface area (Å²) in [6, 6.07) is 13.1. The predicted octanol–water partition coefficient (Wildman–Crippen LogP) is 3.18. The highest BCUT2D eigenvalue weighted by molar-refractivity contribution is 6.46. The number of hydrogen-bond acceptors (Lipinski definition) is 6. The van der Waals surface area contributed by atoms with E-state index >= 15 is 0 Å². The van der Waals surface area contributed by atoms with E-state index in [1.54, 1.807) is 55.7 Å². The average molecular weight is 502 g/mol. The number of nitrogens with one attached hydrogen (secondary N) is 1. The summed E-state index contributed by atoms with van der Waals surface area (Å²) in [6.45, 7) is 6.33. The van der Waals surface area contributed by atoms with Crippen molar-refractivity contribution in [1.29, 1.82) is 0 Å². The molecular weight excluding hydrogens is 474 g/mol. The minimum Gasteiger partial charge on any atom is -0.872 e. The van der Waals surface area contributed by atoms with Gasteiger partial charge in [-0.3, -0.25) is 19.7 Å². The van der Waals surface area contributed by atoms with Crippen LogP contribution in [0.15, 0.2) is 72.6 Å². The van der Waals surface area contributed by atoms with Crippen LogP contribution >= 0.6 is 0 Å². The third-order valence-electron chi connectivity index (χ3n) is 6.08. The van der Waals surface area contributed by atoms with Gasteiger partial charge in [0, 0.05) is 29.3 Å². The Morgan fingerprint density at radius 2 is 1.92 bits per heavy atom. The molecule has 0 saturated carbocycles. The quantitative estimate of drug-likeness (QED) is 0.153. The first-order chi connectivity index (χ1) is 17.7. The van der Waals surface area contributed by atoms with Crippen LogP contribution in [0.1, 0.15) is 42.1 Å². The van der Waals surface area contributed by atoms with Gasteiger partial charge in [0.05, 0.1) is 24.1 Å². The topological polar surface area (TPSA) is 127 Å². The van der Waals surface area contributed by atoms with Crippen molar-refractivity contribution in [3.05, 3.63) is 105 Å². The second-order valence-corrected chi connectivity index (χ2v) is 9.35. The molecule has 0 radical (unpaired) electrons. The number of H-pyrrole nitrogens is 1. The van der Waals surface area contributed by atoms with E-state index in [0.29, 0.717) is 35.0 Å². The summed E-state index contributed by atoms with van der Waals surface area (Å²) >= 11 is 0. The standard InChI is InChI=1S/C28H27N3O6/c1-17(2)16-37-22-9-10-23(18(3)12-22)26(32)24-25(20-7-4-8-21(13-20)31(35)36)30(28(34)27(24)33)15-19-6-5-11-29-14-19/h4-14,17,25,32H,15-16H2,1-3H3/b26-24+. The number of nitrogens with zero attached hydrogens (tertiary/aromatic N) is 2. The van der Waals surface area contributed by atoms with E-state index in [1.807, 2.05) is 13.8 Å². The number of aromatic nitrogens is 1. The number of carbonyl (C=O) groups is 2. The molecule has 190 valence electrons. The number of aromatic amines is 1. The summed E-state index contributed by atoms with van der Waals surface area (Å²) in [7, 11) is 0.